The van der Waals surface area contributed by atoms with Crippen molar-refractivity contribution in [3.05, 3.63) is 34.3 Å². The lowest BCUT2D eigenvalue weighted by Gasteiger charge is -2.27. The van der Waals surface area contributed by atoms with Gasteiger partial charge in [0.05, 0.1) is 12.2 Å². The highest BCUT2D eigenvalue weighted by Crippen LogP contribution is 2.19. The zero-order chi connectivity index (χ0) is 17.9. The van der Waals surface area contributed by atoms with Crippen LogP contribution in [0.4, 0.5) is 4.39 Å². The van der Waals surface area contributed by atoms with E-state index in [1.165, 1.54) is 12.1 Å². The van der Waals surface area contributed by atoms with Crippen LogP contribution in [-0.2, 0) is 6.67 Å². The van der Waals surface area contributed by atoms with Crippen LogP contribution in [0, 0.1) is 5.92 Å². The van der Waals surface area contributed by atoms with Gasteiger partial charge in [-0.3, -0.25) is 9.69 Å². The molecule has 1 saturated heterocycles. The molecule has 1 aromatic rings. The lowest BCUT2D eigenvalue weighted by atomic mass is 10.0. The van der Waals surface area contributed by atoms with Crippen LogP contribution in [0.1, 0.15) is 29.8 Å². The van der Waals surface area contributed by atoms with Gasteiger partial charge in [0.1, 0.15) is 6.67 Å². The van der Waals surface area contributed by atoms with E-state index in [1.54, 1.807) is 6.07 Å². The third-order valence-electron chi connectivity index (χ3n) is 4.36. The second-order valence-corrected chi connectivity index (χ2v) is 7.02. The van der Waals surface area contributed by atoms with E-state index < -0.39 is 18.9 Å². The van der Waals surface area contributed by atoms with E-state index in [-0.39, 0.29) is 23.4 Å². The van der Waals surface area contributed by atoms with Crippen molar-refractivity contribution in [2.75, 3.05) is 19.6 Å². The first-order valence-corrected chi connectivity index (χ1v) is 8.43. The molecule has 3 atom stereocenters. The molecule has 0 aromatic heterocycles. The van der Waals surface area contributed by atoms with E-state index in [9.17, 15) is 19.4 Å². The Hall–Kier alpha value is -1.21. The first kappa shape index (κ1) is 19.1. The predicted octanol–water partition coefficient (Wildman–Crippen LogP) is 1.60. The summed E-state index contributed by atoms with van der Waals surface area (Å²) in [4.78, 5) is 14.4. The van der Waals surface area contributed by atoms with Gasteiger partial charge in [-0.25, -0.2) is 4.39 Å². The molecule has 1 aliphatic rings. The van der Waals surface area contributed by atoms with Crippen molar-refractivity contribution in [1.29, 1.82) is 0 Å². The molecule has 0 radical (unpaired) electrons. The predicted molar refractivity (Wildman–Crippen MR) is 90.8 cm³/mol. The molecular formula is C17H24ClFN2O3. The van der Waals surface area contributed by atoms with Crippen LogP contribution in [-0.4, -0.2) is 58.9 Å². The maximum absolute atomic E-state index is 12.9. The average molecular weight is 359 g/mol. The topological polar surface area (TPSA) is 72.8 Å². The summed E-state index contributed by atoms with van der Waals surface area (Å²) in [5.74, 6) is -0.128. The Morgan fingerprint density at radius 3 is 2.54 bits per heavy atom. The van der Waals surface area contributed by atoms with E-state index in [0.29, 0.717) is 30.2 Å². The monoisotopic (exact) mass is 358 g/mol. The summed E-state index contributed by atoms with van der Waals surface area (Å²) in [6.45, 7) is 4.55. The molecule has 1 aromatic carbocycles. The minimum atomic E-state index is -0.753. The average Bonchev–Trinajstić information content (AvgIpc) is 2.84. The Balaban J connectivity index is 2.03. The van der Waals surface area contributed by atoms with Crippen LogP contribution in [0.5, 0.6) is 0 Å². The summed E-state index contributed by atoms with van der Waals surface area (Å²) < 4.78 is 12.9. The molecule has 0 saturated carbocycles. The zero-order valence-electron chi connectivity index (χ0n) is 13.9. The zero-order valence-corrected chi connectivity index (χ0v) is 14.6. The van der Waals surface area contributed by atoms with Crippen LogP contribution in [0.2, 0.25) is 5.02 Å². The van der Waals surface area contributed by atoms with Crippen LogP contribution in [0.25, 0.3) is 0 Å². The summed E-state index contributed by atoms with van der Waals surface area (Å²) in [6.07, 6.45) is -1.51. The van der Waals surface area contributed by atoms with Crippen molar-refractivity contribution < 1.29 is 19.4 Å². The molecule has 1 fully saturated rings. The van der Waals surface area contributed by atoms with E-state index in [0.717, 1.165) is 0 Å². The van der Waals surface area contributed by atoms with Gasteiger partial charge in [-0.2, -0.15) is 0 Å². The quantitative estimate of drug-likeness (QED) is 0.722. The fraction of sp³-hybridized carbons (Fsp3) is 0.588. The molecule has 2 rings (SSSR count). The second kappa shape index (κ2) is 8.25. The number of likely N-dealkylation sites (tertiary alicyclic amines) is 1. The van der Waals surface area contributed by atoms with E-state index >= 15 is 0 Å². The normalized spacial score (nSPS) is 22.8. The number of halogens is 2. The minimum absolute atomic E-state index is 0.153. The van der Waals surface area contributed by atoms with Crippen molar-refractivity contribution in [3.8, 4) is 0 Å². The molecule has 0 aliphatic carbocycles. The number of carbonyl (C=O) groups is 1. The number of rotatable bonds is 6. The van der Waals surface area contributed by atoms with E-state index in [4.69, 9.17) is 11.6 Å². The number of aliphatic hydroxyl groups excluding tert-OH is 2. The number of hydrogen-bond acceptors (Lipinski definition) is 4. The smallest absolute Gasteiger partial charge is 0.251 e. The number of nitrogens with one attached hydrogen (secondary N) is 1. The third-order valence-corrected chi connectivity index (χ3v) is 4.73. The van der Waals surface area contributed by atoms with Crippen LogP contribution in [0.15, 0.2) is 18.2 Å². The number of nitrogens with zero attached hydrogens (tertiary/aromatic N) is 1. The first-order valence-electron chi connectivity index (χ1n) is 8.05. The Kier molecular flexibility index (Phi) is 6.57. The summed E-state index contributed by atoms with van der Waals surface area (Å²) in [5, 5.41) is 22.5. The maximum atomic E-state index is 12.9. The van der Waals surface area contributed by atoms with E-state index in [2.05, 4.69) is 5.32 Å². The molecule has 0 spiro atoms. The van der Waals surface area contributed by atoms with Gasteiger partial charge in [0, 0.05) is 41.8 Å². The standard InChI is InChI=1S/C17H24ClFN2O3/c1-10(2)14(7-21-8-15(22)16(23)9-21)20-17(24)11-3-4-13(18)12(5-11)6-19/h3-5,10,14-16,22-23H,6-9H2,1-2H3,(H,20,24). The Morgan fingerprint density at radius 2 is 2.00 bits per heavy atom. The van der Waals surface area contributed by atoms with Gasteiger partial charge < -0.3 is 15.5 Å². The second-order valence-electron chi connectivity index (χ2n) is 6.62. The Bertz CT molecular complexity index is 575. The van der Waals surface area contributed by atoms with Crippen molar-refractivity contribution in [3.63, 3.8) is 0 Å². The molecule has 1 aliphatic heterocycles. The van der Waals surface area contributed by atoms with Gasteiger partial charge in [0.25, 0.3) is 5.91 Å². The molecule has 3 N–H and O–H groups in total. The molecule has 3 unspecified atom stereocenters. The Labute approximate surface area is 146 Å². The number of carbonyl (C=O) groups excluding carboxylic acids is 1. The summed E-state index contributed by atoms with van der Waals surface area (Å²) >= 11 is 5.87. The first-order chi connectivity index (χ1) is 11.3. The molecule has 24 heavy (non-hydrogen) atoms. The molecule has 1 amide bonds. The lowest BCUT2D eigenvalue weighted by Crippen LogP contribution is -2.46. The SMILES string of the molecule is CC(C)C(CN1CC(O)C(O)C1)NC(=O)c1ccc(Cl)c(CF)c1. The Morgan fingerprint density at radius 1 is 1.38 bits per heavy atom. The summed E-state index contributed by atoms with van der Waals surface area (Å²) in [7, 11) is 0. The van der Waals surface area contributed by atoms with Crippen LogP contribution < -0.4 is 5.32 Å². The van der Waals surface area contributed by atoms with Crippen molar-refractivity contribution >= 4 is 17.5 Å². The summed E-state index contributed by atoms with van der Waals surface area (Å²) in [5.41, 5.74) is 0.649. The third kappa shape index (κ3) is 4.66. The lowest BCUT2D eigenvalue weighted by molar-refractivity contribution is 0.0572. The number of alkyl halides is 1. The van der Waals surface area contributed by atoms with Gasteiger partial charge in [-0.15, -0.1) is 0 Å². The molecule has 1 heterocycles. The molecule has 7 heteroatoms. The van der Waals surface area contributed by atoms with Crippen LogP contribution in [0.3, 0.4) is 0 Å². The minimum Gasteiger partial charge on any atom is -0.389 e. The highest BCUT2D eigenvalue weighted by molar-refractivity contribution is 6.31. The number of aliphatic hydroxyl groups is 2. The molecule has 134 valence electrons. The summed E-state index contributed by atoms with van der Waals surface area (Å²) in [6, 6.07) is 4.39. The van der Waals surface area contributed by atoms with Gasteiger partial charge in [-0.05, 0) is 24.1 Å². The largest absolute Gasteiger partial charge is 0.389 e. The van der Waals surface area contributed by atoms with Crippen molar-refractivity contribution in [1.82, 2.24) is 10.2 Å². The van der Waals surface area contributed by atoms with Crippen molar-refractivity contribution in [2.24, 2.45) is 5.92 Å². The highest BCUT2D eigenvalue weighted by atomic mass is 35.5. The van der Waals surface area contributed by atoms with Crippen molar-refractivity contribution in [2.45, 2.75) is 38.8 Å². The number of benzene rings is 1. The number of amides is 1. The van der Waals surface area contributed by atoms with Crippen LogP contribution >= 0.6 is 11.6 Å². The fourth-order valence-electron chi connectivity index (χ4n) is 2.77. The van der Waals surface area contributed by atoms with Gasteiger partial charge in [-0.1, -0.05) is 25.4 Å². The molecule has 5 nitrogen and oxygen atoms in total. The number of hydrogen-bond donors (Lipinski definition) is 3. The van der Waals surface area contributed by atoms with E-state index in [1.807, 2.05) is 18.7 Å². The van der Waals surface area contributed by atoms with Gasteiger partial charge >= 0.3 is 0 Å². The molecular weight excluding hydrogens is 335 g/mol. The highest BCUT2D eigenvalue weighted by Gasteiger charge is 2.31. The fourth-order valence-corrected chi connectivity index (χ4v) is 2.94. The van der Waals surface area contributed by atoms with Gasteiger partial charge in [0.15, 0.2) is 0 Å². The van der Waals surface area contributed by atoms with Gasteiger partial charge in [0.2, 0.25) is 0 Å². The maximum Gasteiger partial charge on any atom is 0.251 e. The molecule has 0 bridgehead atoms. The number of β-amino-alcohol motifs (C(OH)–C–C–N with tert-alkyl or cyclic N) is 2.